The molecule has 0 aliphatic heterocycles. The number of aromatic nitrogens is 1. The Morgan fingerprint density at radius 2 is 1.95 bits per heavy atom. The molecule has 0 aliphatic carbocycles. The summed E-state index contributed by atoms with van der Waals surface area (Å²) in [5, 5.41) is 0. The minimum atomic E-state index is -0.327. The summed E-state index contributed by atoms with van der Waals surface area (Å²) < 4.78 is 9.59. The lowest BCUT2D eigenvalue weighted by Crippen LogP contribution is -2.37. The Hall–Kier alpha value is -1.60. The maximum Gasteiger partial charge on any atom is 0.307 e. The predicted octanol–water partition coefficient (Wildman–Crippen LogP) is 1.21. The number of methoxy groups -OCH3 is 2. The van der Waals surface area contributed by atoms with Crippen LogP contribution in [-0.2, 0) is 19.1 Å². The molecule has 0 bridgehead atoms. The van der Waals surface area contributed by atoms with Crippen LogP contribution in [0.2, 0.25) is 0 Å². The highest BCUT2D eigenvalue weighted by atomic mass is 32.2. The van der Waals surface area contributed by atoms with Crippen molar-refractivity contribution in [2.24, 2.45) is 0 Å². The first-order chi connectivity index (χ1) is 10.2. The van der Waals surface area contributed by atoms with Crippen LogP contribution in [-0.4, -0.2) is 61.4 Å². The largest absolute Gasteiger partial charge is 0.469 e. The van der Waals surface area contributed by atoms with Crippen molar-refractivity contribution < 1.29 is 19.1 Å². The lowest BCUT2D eigenvalue weighted by molar-refractivity contribution is -0.141. The molecule has 0 unspecified atom stereocenters. The quantitative estimate of drug-likeness (QED) is 0.504. The van der Waals surface area contributed by atoms with E-state index >= 15 is 0 Å². The molecule has 0 N–H and O–H groups in total. The van der Waals surface area contributed by atoms with Crippen LogP contribution in [0.5, 0.6) is 0 Å². The number of ether oxygens (including phenoxy) is 2. The Morgan fingerprint density at radius 3 is 2.57 bits per heavy atom. The molecule has 6 nitrogen and oxygen atoms in total. The second-order valence-corrected chi connectivity index (χ2v) is 5.22. The maximum atomic E-state index is 12.2. The molecule has 21 heavy (non-hydrogen) atoms. The minimum absolute atomic E-state index is 0.0298. The van der Waals surface area contributed by atoms with Crippen molar-refractivity contribution in [2.75, 3.05) is 39.7 Å². The molecule has 116 valence electrons. The summed E-state index contributed by atoms with van der Waals surface area (Å²) in [6, 6.07) is 3.71. The van der Waals surface area contributed by atoms with Crippen LogP contribution in [0.1, 0.15) is 6.42 Å². The third-order valence-electron chi connectivity index (χ3n) is 2.74. The molecular weight excluding hydrogens is 292 g/mol. The zero-order chi connectivity index (χ0) is 15.5. The zero-order valence-electron chi connectivity index (χ0n) is 12.3. The molecule has 0 aromatic carbocycles. The van der Waals surface area contributed by atoms with Gasteiger partial charge in [0.25, 0.3) is 0 Å². The highest BCUT2D eigenvalue weighted by Gasteiger charge is 2.15. The molecule has 1 amide bonds. The molecular formula is C14H20N2O4S. The Bertz CT molecular complexity index is 442. The molecule has 1 aromatic heterocycles. The van der Waals surface area contributed by atoms with Crippen molar-refractivity contribution in [3.05, 3.63) is 24.5 Å². The van der Waals surface area contributed by atoms with Crippen molar-refractivity contribution in [1.29, 1.82) is 0 Å². The SMILES string of the molecule is COCCN(CCC(=O)OC)C(=O)CSc1ccncc1. The first-order valence-electron chi connectivity index (χ1n) is 6.53. The summed E-state index contributed by atoms with van der Waals surface area (Å²) in [5.74, 6) is -0.0423. The van der Waals surface area contributed by atoms with Crippen molar-refractivity contribution in [3.63, 3.8) is 0 Å². The molecule has 7 heteroatoms. The van der Waals surface area contributed by atoms with Crippen LogP contribution in [0.3, 0.4) is 0 Å². The van der Waals surface area contributed by atoms with Gasteiger partial charge in [-0.25, -0.2) is 0 Å². The molecule has 1 heterocycles. The standard InChI is InChI=1S/C14H20N2O4S/c1-19-10-9-16(8-5-14(18)20-2)13(17)11-21-12-3-6-15-7-4-12/h3-4,6-7H,5,8-11H2,1-2H3. The van der Waals surface area contributed by atoms with Crippen LogP contribution < -0.4 is 0 Å². The second kappa shape index (κ2) is 10.2. The Morgan fingerprint density at radius 1 is 1.24 bits per heavy atom. The van der Waals surface area contributed by atoms with Gasteiger partial charge < -0.3 is 14.4 Å². The fourth-order valence-electron chi connectivity index (χ4n) is 1.56. The van der Waals surface area contributed by atoms with Crippen molar-refractivity contribution in [2.45, 2.75) is 11.3 Å². The van der Waals surface area contributed by atoms with Gasteiger partial charge in [-0.3, -0.25) is 14.6 Å². The number of esters is 1. The Balaban J connectivity index is 2.47. The highest BCUT2D eigenvalue weighted by Crippen LogP contribution is 2.16. The zero-order valence-corrected chi connectivity index (χ0v) is 13.1. The fourth-order valence-corrected chi connectivity index (χ4v) is 2.35. The van der Waals surface area contributed by atoms with Gasteiger partial charge in [-0.05, 0) is 12.1 Å². The number of rotatable bonds is 9. The van der Waals surface area contributed by atoms with E-state index < -0.39 is 0 Å². The number of carbonyl (C=O) groups is 2. The van der Waals surface area contributed by atoms with E-state index in [1.54, 1.807) is 24.4 Å². The monoisotopic (exact) mass is 312 g/mol. The first kappa shape index (κ1) is 17.5. The molecule has 0 saturated carbocycles. The smallest absolute Gasteiger partial charge is 0.307 e. The number of amides is 1. The number of hydrogen-bond donors (Lipinski definition) is 0. The van der Waals surface area contributed by atoms with E-state index in [1.807, 2.05) is 12.1 Å². The molecule has 1 rings (SSSR count). The third kappa shape index (κ3) is 7.10. The Kier molecular flexibility index (Phi) is 8.45. The topological polar surface area (TPSA) is 68.7 Å². The third-order valence-corrected chi connectivity index (χ3v) is 3.74. The van der Waals surface area contributed by atoms with Gasteiger partial charge in [0.15, 0.2) is 0 Å². The minimum Gasteiger partial charge on any atom is -0.469 e. The molecule has 0 saturated heterocycles. The normalized spacial score (nSPS) is 10.2. The number of nitrogens with zero attached hydrogens (tertiary/aromatic N) is 2. The lowest BCUT2D eigenvalue weighted by atomic mass is 10.3. The van der Waals surface area contributed by atoms with E-state index in [0.29, 0.717) is 25.4 Å². The van der Waals surface area contributed by atoms with Crippen LogP contribution in [0.15, 0.2) is 29.4 Å². The first-order valence-corrected chi connectivity index (χ1v) is 7.52. The molecule has 0 atom stereocenters. The number of pyridine rings is 1. The van der Waals surface area contributed by atoms with Crippen molar-refractivity contribution >= 4 is 23.6 Å². The molecule has 0 radical (unpaired) electrons. The van der Waals surface area contributed by atoms with Gasteiger partial charge in [-0.15, -0.1) is 11.8 Å². The van der Waals surface area contributed by atoms with Crippen LogP contribution >= 0.6 is 11.8 Å². The van der Waals surface area contributed by atoms with Gasteiger partial charge >= 0.3 is 5.97 Å². The Labute approximate surface area is 128 Å². The van der Waals surface area contributed by atoms with Crippen LogP contribution in [0.25, 0.3) is 0 Å². The summed E-state index contributed by atoms with van der Waals surface area (Å²) in [6.07, 6.45) is 3.56. The van der Waals surface area contributed by atoms with Gasteiger partial charge in [-0.2, -0.15) is 0 Å². The highest BCUT2D eigenvalue weighted by molar-refractivity contribution is 8.00. The molecule has 0 aliphatic rings. The average molecular weight is 312 g/mol. The van der Waals surface area contributed by atoms with E-state index in [4.69, 9.17) is 4.74 Å². The van der Waals surface area contributed by atoms with Gasteiger partial charge in [-0.1, -0.05) is 0 Å². The fraction of sp³-hybridized carbons (Fsp3) is 0.500. The van der Waals surface area contributed by atoms with Gasteiger partial charge in [0, 0.05) is 37.5 Å². The summed E-state index contributed by atoms with van der Waals surface area (Å²) in [5.41, 5.74) is 0. The molecule has 0 spiro atoms. The van der Waals surface area contributed by atoms with Gasteiger partial charge in [0.1, 0.15) is 0 Å². The summed E-state index contributed by atoms with van der Waals surface area (Å²) in [7, 11) is 2.91. The van der Waals surface area contributed by atoms with E-state index in [-0.39, 0.29) is 18.3 Å². The van der Waals surface area contributed by atoms with E-state index in [1.165, 1.54) is 18.9 Å². The van der Waals surface area contributed by atoms with E-state index in [2.05, 4.69) is 9.72 Å². The van der Waals surface area contributed by atoms with Crippen LogP contribution in [0.4, 0.5) is 0 Å². The van der Waals surface area contributed by atoms with Crippen molar-refractivity contribution in [1.82, 2.24) is 9.88 Å². The number of hydrogen-bond acceptors (Lipinski definition) is 6. The van der Waals surface area contributed by atoms with E-state index in [9.17, 15) is 9.59 Å². The summed E-state index contributed by atoms with van der Waals surface area (Å²) in [4.78, 5) is 29.9. The maximum absolute atomic E-state index is 12.2. The van der Waals surface area contributed by atoms with Crippen molar-refractivity contribution in [3.8, 4) is 0 Å². The molecule has 1 aromatic rings. The number of carbonyl (C=O) groups excluding carboxylic acids is 2. The molecule has 0 fully saturated rings. The van der Waals surface area contributed by atoms with Gasteiger partial charge in [0.2, 0.25) is 5.91 Å². The van der Waals surface area contributed by atoms with Crippen LogP contribution in [0, 0.1) is 0 Å². The average Bonchev–Trinajstić information content (AvgIpc) is 2.53. The summed E-state index contributed by atoms with van der Waals surface area (Å²) >= 11 is 1.44. The van der Waals surface area contributed by atoms with E-state index in [0.717, 1.165) is 4.90 Å². The second-order valence-electron chi connectivity index (χ2n) is 4.17. The summed E-state index contributed by atoms with van der Waals surface area (Å²) in [6.45, 7) is 1.24. The predicted molar refractivity (Wildman–Crippen MR) is 80.1 cm³/mol. The number of thioether (sulfide) groups is 1. The van der Waals surface area contributed by atoms with Gasteiger partial charge in [0.05, 0.1) is 25.9 Å². The lowest BCUT2D eigenvalue weighted by Gasteiger charge is -2.21.